The van der Waals surface area contributed by atoms with Gasteiger partial charge in [-0.3, -0.25) is 4.79 Å². The molecule has 0 fully saturated rings. The Morgan fingerprint density at radius 1 is 1.30 bits per heavy atom. The van der Waals surface area contributed by atoms with Crippen LogP contribution in [-0.4, -0.2) is 6.29 Å². The highest BCUT2D eigenvalue weighted by molar-refractivity contribution is 5.84. The van der Waals surface area contributed by atoms with E-state index in [-0.39, 0.29) is 0 Å². The molecule has 1 aromatic carbocycles. The minimum absolute atomic E-state index is 0.356. The first-order valence-electron chi connectivity index (χ1n) is 2.77. The van der Waals surface area contributed by atoms with Crippen LogP contribution >= 0.6 is 0 Å². The standard InChI is InChI=1S/C7H7N2O/c8-6-2-1-5(4-10)7(9)3-6/h1-3H,8-9H2. The summed E-state index contributed by atoms with van der Waals surface area (Å²) in [5.41, 5.74) is 12.0. The normalized spacial score (nSPS) is 9.20. The van der Waals surface area contributed by atoms with Crippen molar-refractivity contribution in [3.05, 3.63) is 23.8 Å². The fraction of sp³-hybridized carbons (Fsp3) is 0. The van der Waals surface area contributed by atoms with E-state index < -0.39 is 0 Å². The quantitative estimate of drug-likeness (QED) is 0.544. The lowest BCUT2D eigenvalue weighted by molar-refractivity contribution is 0.563. The van der Waals surface area contributed by atoms with Crippen molar-refractivity contribution in [3.63, 3.8) is 0 Å². The Kier molecular flexibility index (Phi) is 1.58. The maximum absolute atomic E-state index is 10.1. The molecule has 0 unspecified atom stereocenters. The molecule has 0 spiro atoms. The van der Waals surface area contributed by atoms with E-state index in [0.29, 0.717) is 16.9 Å². The number of nitrogens with two attached hydrogens (primary N) is 2. The van der Waals surface area contributed by atoms with Gasteiger partial charge in [0.2, 0.25) is 6.29 Å². The molecule has 4 N–H and O–H groups in total. The Morgan fingerprint density at radius 3 is 2.50 bits per heavy atom. The average molecular weight is 135 g/mol. The third kappa shape index (κ3) is 1.07. The van der Waals surface area contributed by atoms with Gasteiger partial charge < -0.3 is 11.5 Å². The van der Waals surface area contributed by atoms with Crippen LogP contribution in [0.4, 0.5) is 11.4 Å². The summed E-state index contributed by atoms with van der Waals surface area (Å²) in [6.07, 6.45) is 1.69. The van der Waals surface area contributed by atoms with Gasteiger partial charge in [0, 0.05) is 16.9 Å². The molecule has 0 saturated heterocycles. The van der Waals surface area contributed by atoms with Crippen LogP contribution in [0.15, 0.2) is 18.2 Å². The van der Waals surface area contributed by atoms with E-state index in [2.05, 4.69) is 0 Å². The van der Waals surface area contributed by atoms with Gasteiger partial charge in [-0.05, 0) is 18.2 Å². The second kappa shape index (κ2) is 2.39. The van der Waals surface area contributed by atoms with Crippen molar-refractivity contribution in [2.24, 2.45) is 0 Å². The maximum atomic E-state index is 10.1. The van der Waals surface area contributed by atoms with Crippen LogP contribution in [0.5, 0.6) is 0 Å². The van der Waals surface area contributed by atoms with Crippen molar-refractivity contribution in [1.29, 1.82) is 0 Å². The maximum Gasteiger partial charge on any atom is 0.235 e. The Labute approximate surface area is 58.6 Å². The minimum atomic E-state index is 0.356. The molecule has 0 aliphatic heterocycles. The predicted molar refractivity (Wildman–Crippen MR) is 40.1 cm³/mol. The van der Waals surface area contributed by atoms with Gasteiger partial charge in [0.25, 0.3) is 0 Å². The molecular weight excluding hydrogens is 128 g/mol. The molecule has 1 aromatic rings. The summed E-state index contributed by atoms with van der Waals surface area (Å²) in [5, 5.41) is 0. The lowest BCUT2D eigenvalue weighted by Crippen LogP contribution is -1.94. The molecule has 0 aliphatic carbocycles. The minimum Gasteiger partial charge on any atom is -0.399 e. The number of hydrogen-bond acceptors (Lipinski definition) is 3. The summed E-state index contributed by atoms with van der Waals surface area (Å²) in [4.78, 5) is 10.1. The van der Waals surface area contributed by atoms with Crippen molar-refractivity contribution in [1.82, 2.24) is 0 Å². The van der Waals surface area contributed by atoms with Crippen LogP contribution in [0.2, 0.25) is 0 Å². The van der Waals surface area contributed by atoms with Gasteiger partial charge in [-0.15, -0.1) is 0 Å². The van der Waals surface area contributed by atoms with Gasteiger partial charge in [0.05, 0.1) is 0 Å². The highest BCUT2D eigenvalue weighted by Crippen LogP contribution is 2.12. The smallest absolute Gasteiger partial charge is 0.235 e. The summed E-state index contributed by atoms with van der Waals surface area (Å²) < 4.78 is 0. The monoisotopic (exact) mass is 135 g/mol. The van der Waals surface area contributed by atoms with E-state index in [9.17, 15) is 4.79 Å². The molecular formula is C7H7N2O. The van der Waals surface area contributed by atoms with Gasteiger partial charge in [-0.25, -0.2) is 0 Å². The largest absolute Gasteiger partial charge is 0.399 e. The van der Waals surface area contributed by atoms with E-state index >= 15 is 0 Å². The van der Waals surface area contributed by atoms with E-state index in [1.807, 2.05) is 0 Å². The molecule has 0 aliphatic rings. The molecule has 0 aromatic heterocycles. The molecule has 3 heteroatoms. The number of benzene rings is 1. The highest BCUT2D eigenvalue weighted by atomic mass is 16.1. The zero-order valence-electron chi connectivity index (χ0n) is 5.29. The second-order valence-corrected chi connectivity index (χ2v) is 1.95. The molecule has 10 heavy (non-hydrogen) atoms. The van der Waals surface area contributed by atoms with E-state index in [0.717, 1.165) is 0 Å². The Balaban J connectivity index is 3.19. The van der Waals surface area contributed by atoms with Gasteiger partial charge in [-0.2, -0.15) is 0 Å². The molecule has 0 amide bonds. The molecule has 0 atom stereocenters. The van der Waals surface area contributed by atoms with Crippen molar-refractivity contribution < 1.29 is 4.79 Å². The van der Waals surface area contributed by atoms with E-state index in [1.54, 1.807) is 12.4 Å². The van der Waals surface area contributed by atoms with Crippen LogP contribution in [0.1, 0.15) is 5.56 Å². The second-order valence-electron chi connectivity index (χ2n) is 1.95. The van der Waals surface area contributed by atoms with Crippen LogP contribution in [0, 0.1) is 0 Å². The molecule has 0 heterocycles. The SMILES string of the molecule is Nc1ccc([C]=O)c(N)c1. The van der Waals surface area contributed by atoms with Crippen LogP contribution in [0.25, 0.3) is 0 Å². The molecule has 1 radical (unpaired) electrons. The van der Waals surface area contributed by atoms with E-state index in [4.69, 9.17) is 11.5 Å². The van der Waals surface area contributed by atoms with Crippen molar-refractivity contribution >= 4 is 17.7 Å². The van der Waals surface area contributed by atoms with Crippen molar-refractivity contribution in [3.8, 4) is 0 Å². The molecule has 1 rings (SSSR count). The van der Waals surface area contributed by atoms with Gasteiger partial charge in [0.1, 0.15) is 0 Å². The molecule has 51 valence electrons. The molecule has 0 bridgehead atoms. The molecule has 3 nitrogen and oxygen atoms in total. The zero-order chi connectivity index (χ0) is 7.56. The number of rotatable bonds is 1. The third-order valence-corrected chi connectivity index (χ3v) is 1.19. The summed E-state index contributed by atoms with van der Waals surface area (Å²) >= 11 is 0. The molecule has 0 saturated carbocycles. The predicted octanol–water partition coefficient (Wildman–Crippen LogP) is 0.309. The van der Waals surface area contributed by atoms with Crippen molar-refractivity contribution in [2.75, 3.05) is 11.5 Å². The van der Waals surface area contributed by atoms with Gasteiger partial charge in [0.15, 0.2) is 0 Å². The number of hydrogen-bond donors (Lipinski definition) is 2. The zero-order valence-corrected chi connectivity index (χ0v) is 5.29. The lowest BCUT2D eigenvalue weighted by Gasteiger charge is -1.96. The Hall–Kier alpha value is -1.51. The first kappa shape index (κ1) is 6.61. The third-order valence-electron chi connectivity index (χ3n) is 1.19. The average Bonchev–Trinajstić information content (AvgIpc) is 1.88. The van der Waals surface area contributed by atoms with Crippen LogP contribution in [-0.2, 0) is 4.79 Å². The highest BCUT2D eigenvalue weighted by Gasteiger charge is 1.96. The summed E-state index contributed by atoms with van der Waals surface area (Å²) in [7, 11) is 0. The number of nitrogen functional groups attached to an aromatic ring is 2. The number of anilines is 2. The fourth-order valence-electron chi connectivity index (χ4n) is 0.674. The van der Waals surface area contributed by atoms with Crippen LogP contribution in [0.3, 0.4) is 0 Å². The topological polar surface area (TPSA) is 69.1 Å². The van der Waals surface area contributed by atoms with Crippen LogP contribution < -0.4 is 11.5 Å². The number of carbonyl (C=O) groups excluding carboxylic acids is 1. The Morgan fingerprint density at radius 2 is 2.00 bits per heavy atom. The lowest BCUT2D eigenvalue weighted by atomic mass is 10.2. The summed E-state index contributed by atoms with van der Waals surface area (Å²) in [5.74, 6) is 0. The Bertz CT molecular complexity index is 258. The first-order valence-corrected chi connectivity index (χ1v) is 2.77. The van der Waals surface area contributed by atoms with Gasteiger partial charge in [-0.1, -0.05) is 0 Å². The van der Waals surface area contributed by atoms with E-state index in [1.165, 1.54) is 12.1 Å². The summed E-state index contributed by atoms with van der Waals surface area (Å²) in [6.45, 7) is 0. The fourth-order valence-corrected chi connectivity index (χ4v) is 0.674. The van der Waals surface area contributed by atoms with Crippen molar-refractivity contribution in [2.45, 2.75) is 0 Å². The summed E-state index contributed by atoms with van der Waals surface area (Å²) in [6, 6.07) is 4.68. The first-order chi connectivity index (χ1) is 4.74. The van der Waals surface area contributed by atoms with Gasteiger partial charge >= 0.3 is 0 Å².